The lowest BCUT2D eigenvalue weighted by Crippen LogP contribution is -2.26. The van der Waals surface area contributed by atoms with Crippen molar-refractivity contribution >= 4 is 11.5 Å². The van der Waals surface area contributed by atoms with Gasteiger partial charge in [-0.05, 0) is 32.4 Å². The number of aryl methyl sites for hydroxylation is 1. The molecule has 0 aliphatic carbocycles. The summed E-state index contributed by atoms with van der Waals surface area (Å²) >= 11 is 0. The van der Waals surface area contributed by atoms with Crippen LogP contribution < -0.4 is 15.7 Å². The van der Waals surface area contributed by atoms with E-state index in [0.29, 0.717) is 11.6 Å². The van der Waals surface area contributed by atoms with Gasteiger partial charge in [-0.15, -0.1) is 0 Å². The van der Waals surface area contributed by atoms with Gasteiger partial charge in [0.2, 0.25) is 0 Å². The summed E-state index contributed by atoms with van der Waals surface area (Å²) in [7, 11) is 0. The third-order valence-electron chi connectivity index (χ3n) is 3.17. The van der Waals surface area contributed by atoms with Crippen molar-refractivity contribution in [3.8, 4) is 11.5 Å². The number of rotatable bonds is 1. The van der Waals surface area contributed by atoms with E-state index in [2.05, 4.69) is 10.3 Å². The largest absolute Gasteiger partial charge is 0.450 e. The molecule has 1 aliphatic rings. The van der Waals surface area contributed by atoms with Crippen LogP contribution in [0.5, 0.6) is 11.5 Å². The predicted octanol–water partition coefficient (Wildman–Crippen LogP) is 2.98. The SMILES string of the molecule is Cc1cccc2c1Nc1nc(=O)n(C(C)C)cc1O2. The number of aromatic nitrogens is 2. The smallest absolute Gasteiger partial charge is 0.350 e. The van der Waals surface area contributed by atoms with Gasteiger partial charge in [-0.25, -0.2) is 4.79 Å². The standard InChI is InChI=1S/C14H15N3O2/c1-8(2)17-7-11-13(16-14(17)18)15-12-9(3)5-4-6-10(12)19-11/h4-8H,1-3H3,(H,15,16,18). The lowest BCUT2D eigenvalue weighted by Gasteiger charge is -2.23. The molecule has 0 radical (unpaired) electrons. The molecule has 0 atom stereocenters. The van der Waals surface area contributed by atoms with Crippen LogP contribution in [0.1, 0.15) is 25.5 Å². The van der Waals surface area contributed by atoms with Crippen LogP contribution in [0.2, 0.25) is 0 Å². The van der Waals surface area contributed by atoms with Gasteiger partial charge in [-0.1, -0.05) is 12.1 Å². The summed E-state index contributed by atoms with van der Waals surface area (Å²) < 4.78 is 7.38. The fourth-order valence-corrected chi connectivity index (χ4v) is 2.11. The fourth-order valence-electron chi connectivity index (χ4n) is 2.11. The van der Waals surface area contributed by atoms with Crippen LogP contribution in [0.15, 0.2) is 29.2 Å². The maximum atomic E-state index is 11.9. The molecule has 1 aliphatic heterocycles. The molecule has 0 amide bonds. The van der Waals surface area contributed by atoms with Gasteiger partial charge in [0.1, 0.15) is 0 Å². The molecule has 1 N–H and O–H groups in total. The van der Waals surface area contributed by atoms with Crippen molar-refractivity contribution in [3.63, 3.8) is 0 Å². The summed E-state index contributed by atoms with van der Waals surface area (Å²) in [6, 6.07) is 5.86. The predicted molar refractivity (Wildman–Crippen MR) is 73.4 cm³/mol. The van der Waals surface area contributed by atoms with Gasteiger partial charge in [0.15, 0.2) is 17.3 Å². The van der Waals surface area contributed by atoms with Gasteiger partial charge in [0.25, 0.3) is 0 Å². The van der Waals surface area contributed by atoms with E-state index in [9.17, 15) is 4.79 Å². The molecule has 5 heteroatoms. The quantitative estimate of drug-likeness (QED) is 0.728. The molecule has 0 fully saturated rings. The van der Waals surface area contributed by atoms with E-state index in [1.165, 1.54) is 0 Å². The minimum Gasteiger partial charge on any atom is -0.450 e. The van der Waals surface area contributed by atoms with Crippen molar-refractivity contribution < 1.29 is 4.74 Å². The monoisotopic (exact) mass is 257 g/mol. The topological polar surface area (TPSA) is 56.2 Å². The molecular weight excluding hydrogens is 242 g/mol. The van der Waals surface area contributed by atoms with E-state index in [1.54, 1.807) is 10.8 Å². The Morgan fingerprint density at radius 2 is 2.11 bits per heavy atom. The Morgan fingerprint density at radius 1 is 1.32 bits per heavy atom. The van der Waals surface area contributed by atoms with Gasteiger partial charge >= 0.3 is 5.69 Å². The first kappa shape index (κ1) is 11.8. The van der Waals surface area contributed by atoms with Crippen molar-refractivity contribution in [3.05, 3.63) is 40.4 Å². The molecular formula is C14H15N3O2. The number of para-hydroxylation sites is 1. The van der Waals surface area contributed by atoms with Gasteiger partial charge in [0.05, 0.1) is 11.9 Å². The van der Waals surface area contributed by atoms with E-state index in [-0.39, 0.29) is 11.7 Å². The molecule has 2 aromatic rings. The number of hydrogen-bond donors (Lipinski definition) is 1. The zero-order chi connectivity index (χ0) is 13.6. The Labute approximate surface area is 110 Å². The summed E-state index contributed by atoms with van der Waals surface area (Å²) in [5.74, 6) is 1.80. The molecule has 1 aromatic heterocycles. The number of benzene rings is 1. The molecule has 98 valence electrons. The highest BCUT2D eigenvalue weighted by Crippen LogP contribution is 2.41. The van der Waals surface area contributed by atoms with Crippen molar-refractivity contribution in [2.75, 3.05) is 5.32 Å². The molecule has 0 unspecified atom stereocenters. The van der Waals surface area contributed by atoms with Gasteiger partial charge in [-0.2, -0.15) is 4.98 Å². The minimum absolute atomic E-state index is 0.0489. The third-order valence-corrected chi connectivity index (χ3v) is 3.17. The Bertz CT molecular complexity index is 704. The Balaban J connectivity index is 2.13. The highest BCUT2D eigenvalue weighted by atomic mass is 16.5. The molecule has 0 saturated carbocycles. The highest BCUT2D eigenvalue weighted by Gasteiger charge is 2.21. The third kappa shape index (κ3) is 1.87. The average Bonchev–Trinajstić information content (AvgIpc) is 2.36. The molecule has 19 heavy (non-hydrogen) atoms. The second kappa shape index (κ2) is 4.12. The second-order valence-electron chi connectivity index (χ2n) is 4.91. The molecule has 3 rings (SSSR count). The van der Waals surface area contributed by atoms with Gasteiger partial charge < -0.3 is 10.1 Å². The van der Waals surface area contributed by atoms with Crippen LogP contribution in [0.4, 0.5) is 11.5 Å². The van der Waals surface area contributed by atoms with E-state index in [1.807, 2.05) is 39.0 Å². The lowest BCUT2D eigenvalue weighted by molar-refractivity contribution is 0.457. The average molecular weight is 257 g/mol. The lowest BCUT2D eigenvalue weighted by atomic mass is 10.1. The molecule has 0 bridgehead atoms. The summed E-state index contributed by atoms with van der Waals surface area (Å²) in [6.45, 7) is 5.85. The Hall–Kier alpha value is -2.30. The first-order chi connectivity index (χ1) is 9.06. The zero-order valence-electron chi connectivity index (χ0n) is 11.1. The van der Waals surface area contributed by atoms with Crippen LogP contribution in [-0.2, 0) is 0 Å². The van der Waals surface area contributed by atoms with Crippen LogP contribution in [0, 0.1) is 6.92 Å². The molecule has 0 saturated heterocycles. The Morgan fingerprint density at radius 3 is 2.84 bits per heavy atom. The number of fused-ring (bicyclic) bond motifs is 2. The van der Waals surface area contributed by atoms with Gasteiger partial charge in [-0.3, -0.25) is 4.57 Å². The summed E-state index contributed by atoms with van der Waals surface area (Å²) in [4.78, 5) is 15.9. The Kier molecular flexibility index (Phi) is 2.55. The first-order valence-electron chi connectivity index (χ1n) is 6.24. The van der Waals surface area contributed by atoms with Crippen molar-refractivity contribution in [1.82, 2.24) is 9.55 Å². The number of ether oxygens (including phenoxy) is 1. The maximum absolute atomic E-state index is 11.9. The molecule has 0 spiro atoms. The fraction of sp³-hybridized carbons (Fsp3) is 0.286. The van der Waals surface area contributed by atoms with Crippen molar-refractivity contribution in [2.24, 2.45) is 0 Å². The van der Waals surface area contributed by atoms with E-state index >= 15 is 0 Å². The van der Waals surface area contributed by atoms with E-state index in [4.69, 9.17) is 4.74 Å². The van der Waals surface area contributed by atoms with Crippen LogP contribution in [0.25, 0.3) is 0 Å². The second-order valence-corrected chi connectivity index (χ2v) is 4.91. The number of nitrogens with one attached hydrogen (secondary N) is 1. The van der Waals surface area contributed by atoms with Crippen LogP contribution in [0.3, 0.4) is 0 Å². The number of hydrogen-bond acceptors (Lipinski definition) is 4. The normalized spacial score (nSPS) is 12.4. The van der Waals surface area contributed by atoms with Crippen molar-refractivity contribution in [2.45, 2.75) is 26.8 Å². The maximum Gasteiger partial charge on any atom is 0.350 e. The zero-order valence-corrected chi connectivity index (χ0v) is 11.1. The highest BCUT2D eigenvalue weighted by molar-refractivity contribution is 5.74. The molecule has 1 aromatic carbocycles. The summed E-state index contributed by atoms with van der Waals surface area (Å²) in [5, 5.41) is 3.17. The van der Waals surface area contributed by atoms with E-state index in [0.717, 1.165) is 17.0 Å². The van der Waals surface area contributed by atoms with Gasteiger partial charge in [0, 0.05) is 6.04 Å². The van der Waals surface area contributed by atoms with Crippen molar-refractivity contribution in [1.29, 1.82) is 0 Å². The summed E-state index contributed by atoms with van der Waals surface area (Å²) in [6.07, 6.45) is 1.70. The number of anilines is 2. The summed E-state index contributed by atoms with van der Waals surface area (Å²) in [5.41, 5.74) is 1.64. The minimum atomic E-state index is -0.276. The molecule has 5 nitrogen and oxygen atoms in total. The van der Waals surface area contributed by atoms with E-state index < -0.39 is 0 Å². The van der Waals surface area contributed by atoms with Crippen LogP contribution >= 0.6 is 0 Å². The van der Waals surface area contributed by atoms with Crippen LogP contribution in [-0.4, -0.2) is 9.55 Å². The first-order valence-corrected chi connectivity index (χ1v) is 6.24. The molecule has 2 heterocycles. The number of nitrogens with zero attached hydrogens (tertiary/aromatic N) is 2.